The molecule has 6 nitrogen and oxygen atoms in total. The third-order valence-corrected chi connectivity index (χ3v) is 4.36. The first-order valence-corrected chi connectivity index (χ1v) is 8.98. The number of anilines is 1. The summed E-state index contributed by atoms with van der Waals surface area (Å²) in [6.45, 7) is 0.219. The third kappa shape index (κ3) is 3.98. The highest BCUT2D eigenvalue weighted by molar-refractivity contribution is 6.06. The molecule has 0 atom stereocenters. The SMILES string of the molecule is O=C(NCc1ccc(F)cc1)c1nc(C(=O)Nc2ccccc2)n2ccccc12. The van der Waals surface area contributed by atoms with E-state index in [1.54, 1.807) is 53.1 Å². The van der Waals surface area contributed by atoms with Crippen molar-refractivity contribution < 1.29 is 14.0 Å². The molecule has 7 heteroatoms. The molecule has 29 heavy (non-hydrogen) atoms. The minimum absolute atomic E-state index is 0.108. The molecule has 0 saturated heterocycles. The van der Waals surface area contributed by atoms with E-state index in [9.17, 15) is 14.0 Å². The van der Waals surface area contributed by atoms with Crippen molar-refractivity contribution in [3.05, 3.63) is 102 Å². The van der Waals surface area contributed by atoms with E-state index in [0.29, 0.717) is 11.2 Å². The lowest BCUT2D eigenvalue weighted by Crippen LogP contribution is -2.23. The molecule has 4 rings (SSSR count). The lowest BCUT2D eigenvalue weighted by Gasteiger charge is -2.04. The van der Waals surface area contributed by atoms with E-state index < -0.39 is 11.8 Å². The van der Waals surface area contributed by atoms with Gasteiger partial charge in [-0.2, -0.15) is 0 Å². The number of carbonyl (C=O) groups excluding carboxylic acids is 2. The number of fused-ring (bicyclic) bond motifs is 1. The van der Waals surface area contributed by atoms with Gasteiger partial charge in [-0.3, -0.25) is 14.0 Å². The number of hydrogen-bond acceptors (Lipinski definition) is 3. The van der Waals surface area contributed by atoms with Crippen LogP contribution in [0.4, 0.5) is 10.1 Å². The Hall–Kier alpha value is -4.00. The average molecular weight is 388 g/mol. The number of aromatic nitrogens is 2. The largest absolute Gasteiger partial charge is 0.347 e. The first-order valence-electron chi connectivity index (χ1n) is 8.98. The number of carbonyl (C=O) groups is 2. The van der Waals surface area contributed by atoms with Gasteiger partial charge in [-0.25, -0.2) is 9.37 Å². The van der Waals surface area contributed by atoms with Crippen LogP contribution in [0.3, 0.4) is 0 Å². The number of hydrogen-bond donors (Lipinski definition) is 2. The minimum Gasteiger partial charge on any atom is -0.347 e. The molecule has 0 aliphatic heterocycles. The zero-order chi connectivity index (χ0) is 20.2. The molecule has 2 aromatic heterocycles. The van der Waals surface area contributed by atoms with Crippen LogP contribution in [0.15, 0.2) is 79.0 Å². The van der Waals surface area contributed by atoms with E-state index in [-0.39, 0.29) is 23.9 Å². The Kier molecular flexibility index (Phi) is 5.03. The van der Waals surface area contributed by atoms with Gasteiger partial charge in [-0.05, 0) is 42.0 Å². The van der Waals surface area contributed by atoms with Crippen molar-refractivity contribution in [3.63, 3.8) is 0 Å². The van der Waals surface area contributed by atoms with Crippen LogP contribution in [0.1, 0.15) is 26.7 Å². The summed E-state index contributed by atoms with van der Waals surface area (Å²) >= 11 is 0. The van der Waals surface area contributed by atoms with Gasteiger partial charge in [0, 0.05) is 18.4 Å². The van der Waals surface area contributed by atoms with Crippen LogP contribution in [-0.4, -0.2) is 21.2 Å². The number of imidazole rings is 1. The van der Waals surface area contributed by atoms with E-state index >= 15 is 0 Å². The highest BCUT2D eigenvalue weighted by Gasteiger charge is 2.21. The molecule has 0 bridgehead atoms. The Morgan fingerprint density at radius 2 is 1.62 bits per heavy atom. The Labute approximate surface area is 166 Å². The van der Waals surface area contributed by atoms with Gasteiger partial charge in [0.2, 0.25) is 5.82 Å². The van der Waals surface area contributed by atoms with Crippen molar-refractivity contribution in [2.75, 3.05) is 5.32 Å². The van der Waals surface area contributed by atoms with Crippen molar-refractivity contribution in [1.29, 1.82) is 0 Å². The molecule has 0 fully saturated rings. The van der Waals surface area contributed by atoms with Crippen molar-refractivity contribution in [1.82, 2.24) is 14.7 Å². The predicted molar refractivity (Wildman–Crippen MR) is 107 cm³/mol. The minimum atomic E-state index is -0.421. The first kappa shape index (κ1) is 18.4. The maximum Gasteiger partial charge on any atom is 0.292 e. The third-order valence-electron chi connectivity index (χ3n) is 4.36. The fourth-order valence-electron chi connectivity index (χ4n) is 2.94. The molecule has 0 saturated carbocycles. The van der Waals surface area contributed by atoms with Gasteiger partial charge >= 0.3 is 0 Å². The number of nitrogens with zero attached hydrogens (tertiary/aromatic N) is 2. The summed E-state index contributed by atoms with van der Waals surface area (Å²) < 4.78 is 14.6. The van der Waals surface area contributed by atoms with Gasteiger partial charge in [0.1, 0.15) is 5.82 Å². The molecule has 0 unspecified atom stereocenters. The molecule has 2 N–H and O–H groups in total. The van der Waals surface area contributed by atoms with Crippen LogP contribution < -0.4 is 10.6 Å². The average Bonchev–Trinajstić information content (AvgIpc) is 3.14. The zero-order valence-electron chi connectivity index (χ0n) is 15.3. The lowest BCUT2D eigenvalue weighted by molar-refractivity contribution is 0.0948. The van der Waals surface area contributed by atoms with Gasteiger partial charge in [-0.15, -0.1) is 0 Å². The smallest absolute Gasteiger partial charge is 0.292 e. The molecular weight excluding hydrogens is 371 g/mol. The molecule has 2 heterocycles. The van der Waals surface area contributed by atoms with Crippen molar-refractivity contribution in [2.45, 2.75) is 6.54 Å². The normalized spacial score (nSPS) is 10.7. The summed E-state index contributed by atoms with van der Waals surface area (Å²) in [7, 11) is 0. The van der Waals surface area contributed by atoms with Crippen molar-refractivity contribution in [2.24, 2.45) is 0 Å². The van der Waals surface area contributed by atoms with Gasteiger partial charge in [-0.1, -0.05) is 36.4 Å². The molecule has 2 amide bonds. The predicted octanol–water partition coefficient (Wildman–Crippen LogP) is 3.66. The summed E-state index contributed by atoms with van der Waals surface area (Å²) in [6.07, 6.45) is 1.68. The number of pyridine rings is 1. The van der Waals surface area contributed by atoms with Crippen LogP contribution in [-0.2, 0) is 6.54 Å². The molecule has 144 valence electrons. The first-order chi connectivity index (χ1) is 14.1. The Balaban J connectivity index is 1.59. The van der Waals surface area contributed by atoms with Gasteiger partial charge in [0.05, 0.1) is 5.52 Å². The molecule has 0 aliphatic rings. The second-order valence-corrected chi connectivity index (χ2v) is 6.37. The van der Waals surface area contributed by atoms with Gasteiger partial charge in [0.25, 0.3) is 11.8 Å². The van der Waals surface area contributed by atoms with Crippen LogP contribution in [0.2, 0.25) is 0 Å². The topological polar surface area (TPSA) is 75.5 Å². The monoisotopic (exact) mass is 388 g/mol. The fourth-order valence-corrected chi connectivity index (χ4v) is 2.94. The second kappa shape index (κ2) is 7.93. The Morgan fingerprint density at radius 1 is 0.897 bits per heavy atom. The summed E-state index contributed by atoms with van der Waals surface area (Å²) in [5.74, 6) is -1.07. The summed E-state index contributed by atoms with van der Waals surface area (Å²) in [5, 5.41) is 5.54. The van der Waals surface area contributed by atoms with E-state index in [2.05, 4.69) is 15.6 Å². The summed E-state index contributed by atoms with van der Waals surface area (Å²) in [5.41, 5.74) is 2.05. The molecular formula is C22H17FN4O2. The maximum absolute atomic E-state index is 13.0. The number of benzene rings is 2. The Morgan fingerprint density at radius 3 is 2.38 bits per heavy atom. The molecule has 0 spiro atoms. The number of nitrogens with one attached hydrogen (secondary N) is 2. The summed E-state index contributed by atoms with van der Waals surface area (Å²) in [6, 6.07) is 20.1. The number of rotatable bonds is 5. The molecule has 2 aromatic carbocycles. The van der Waals surface area contributed by atoms with E-state index in [0.717, 1.165) is 5.56 Å². The Bertz CT molecular complexity index is 1170. The van der Waals surface area contributed by atoms with Crippen LogP contribution in [0.25, 0.3) is 5.52 Å². The molecule has 0 aliphatic carbocycles. The van der Waals surface area contributed by atoms with Crippen molar-refractivity contribution in [3.8, 4) is 0 Å². The zero-order valence-corrected chi connectivity index (χ0v) is 15.3. The van der Waals surface area contributed by atoms with E-state index in [1.807, 2.05) is 18.2 Å². The molecule has 0 radical (unpaired) electrons. The lowest BCUT2D eigenvalue weighted by atomic mass is 10.2. The quantitative estimate of drug-likeness (QED) is 0.548. The standard InChI is InChI=1S/C22H17FN4O2/c23-16-11-9-15(10-12-16)14-24-21(28)19-18-8-4-5-13-27(18)20(26-19)22(29)25-17-6-2-1-3-7-17/h1-13H,14H2,(H,24,28)(H,25,29). The van der Waals surface area contributed by atoms with E-state index in [1.165, 1.54) is 12.1 Å². The summed E-state index contributed by atoms with van der Waals surface area (Å²) in [4.78, 5) is 29.7. The number of para-hydroxylation sites is 1. The second-order valence-electron chi connectivity index (χ2n) is 6.37. The van der Waals surface area contributed by atoms with Gasteiger partial charge < -0.3 is 10.6 Å². The highest BCUT2D eigenvalue weighted by Crippen LogP contribution is 2.15. The van der Waals surface area contributed by atoms with Gasteiger partial charge in [0.15, 0.2) is 5.69 Å². The maximum atomic E-state index is 13.0. The van der Waals surface area contributed by atoms with Crippen molar-refractivity contribution >= 4 is 23.0 Å². The van der Waals surface area contributed by atoms with E-state index in [4.69, 9.17) is 0 Å². The number of amides is 2. The van der Waals surface area contributed by atoms with Crippen LogP contribution in [0.5, 0.6) is 0 Å². The number of halogens is 1. The van der Waals surface area contributed by atoms with Crippen LogP contribution >= 0.6 is 0 Å². The fraction of sp³-hybridized carbons (Fsp3) is 0.0455. The molecule has 4 aromatic rings. The highest BCUT2D eigenvalue weighted by atomic mass is 19.1. The van der Waals surface area contributed by atoms with Crippen LogP contribution in [0, 0.1) is 5.82 Å².